The third kappa shape index (κ3) is 2.71. The van der Waals surface area contributed by atoms with E-state index >= 15 is 0 Å². The Labute approximate surface area is 140 Å². The second-order valence-electron chi connectivity index (χ2n) is 7.23. The monoisotopic (exact) mass is 331 g/mol. The highest BCUT2D eigenvalue weighted by atomic mass is 16.7. The molecule has 1 amide bonds. The van der Waals surface area contributed by atoms with Gasteiger partial charge in [-0.2, -0.15) is 5.06 Å². The van der Waals surface area contributed by atoms with E-state index in [2.05, 4.69) is 6.08 Å². The predicted molar refractivity (Wildman–Crippen MR) is 86.5 cm³/mol. The van der Waals surface area contributed by atoms with Crippen LogP contribution in [0, 0.1) is 0 Å². The van der Waals surface area contributed by atoms with Crippen molar-refractivity contribution in [3.63, 3.8) is 0 Å². The maximum atomic E-state index is 12.5. The van der Waals surface area contributed by atoms with Crippen molar-refractivity contribution >= 4 is 11.7 Å². The lowest BCUT2D eigenvalue weighted by molar-refractivity contribution is -0.210. The van der Waals surface area contributed by atoms with Crippen molar-refractivity contribution in [2.75, 3.05) is 6.79 Å². The molecule has 4 aliphatic rings. The summed E-state index contributed by atoms with van der Waals surface area (Å²) in [6, 6.07) is 5.71. The molecule has 5 rings (SSSR count). The van der Waals surface area contributed by atoms with Crippen molar-refractivity contribution in [2.45, 2.75) is 51.4 Å². The van der Waals surface area contributed by atoms with Crippen LogP contribution in [0.1, 0.15) is 39.2 Å². The van der Waals surface area contributed by atoms with Gasteiger partial charge in [-0.1, -0.05) is 6.07 Å². The predicted octanol–water partition coefficient (Wildman–Crippen LogP) is 3.51. The van der Waals surface area contributed by atoms with Gasteiger partial charge in [-0.3, -0.25) is 4.84 Å². The van der Waals surface area contributed by atoms with Gasteiger partial charge in [0.15, 0.2) is 11.5 Å². The van der Waals surface area contributed by atoms with Crippen molar-refractivity contribution in [1.82, 2.24) is 5.06 Å². The summed E-state index contributed by atoms with van der Waals surface area (Å²) in [5, 5.41) is 1.39. The van der Waals surface area contributed by atoms with Crippen LogP contribution in [0.15, 0.2) is 24.3 Å². The van der Waals surface area contributed by atoms with Gasteiger partial charge in [0.1, 0.15) is 11.7 Å². The average molecular weight is 331 g/mol. The summed E-state index contributed by atoms with van der Waals surface area (Å²) >= 11 is 0. The molecule has 1 aliphatic carbocycles. The number of carbonyl (C=O) groups excluding carboxylic acids is 1. The summed E-state index contributed by atoms with van der Waals surface area (Å²) in [5.74, 6) is 1.49. The zero-order valence-electron chi connectivity index (χ0n) is 14.1. The first-order valence-corrected chi connectivity index (χ1v) is 8.21. The molecule has 0 saturated carbocycles. The Bertz CT molecular complexity index is 706. The number of ether oxygens (including phenoxy) is 3. The lowest BCUT2D eigenvalue weighted by atomic mass is 9.86. The van der Waals surface area contributed by atoms with Crippen LogP contribution >= 0.6 is 0 Å². The molecule has 3 aliphatic heterocycles. The molecule has 0 N–H and O–H groups in total. The SMILES string of the molecule is CC(C)(C)OC(=O)N1O[C@H]2C=C(c3ccc4c(c3)OCO4)[C@@H]1CC2. The molecular weight excluding hydrogens is 310 g/mol. The Balaban J connectivity index is 1.61. The van der Waals surface area contributed by atoms with Gasteiger partial charge in [0.2, 0.25) is 6.79 Å². The highest BCUT2D eigenvalue weighted by molar-refractivity contribution is 5.78. The van der Waals surface area contributed by atoms with Crippen LogP contribution < -0.4 is 9.47 Å². The summed E-state index contributed by atoms with van der Waals surface area (Å²) in [5.41, 5.74) is 1.53. The van der Waals surface area contributed by atoms with Crippen LogP contribution in [0.4, 0.5) is 4.79 Å². The molecule has 3 heterocycles. The molecule has 2 atom stereocenters. The summed E-state index contributed by atoms with van der Waals surface area (Å²) in [6.45, 7) is 5.79. The number of hydrogen-bond acceptors (Lipinski definition) is 5. The van der Waals surface area contributed by atoms with Crippen LogP contribution in [-0.4, -0.2) is 35.7 Å². The first kappa shape index (κ1) is 15.3. The third-order valence-corrected chi connectivity index (χ3v) is 4.26. The number of carbonyl (C=O) groups is 1. The molecule has 0 unspecified atom stereocenters. The first-order chi connectivity index (χ1) is 11.4. The number of rotatable bonds is 1. The van der Waals surface area contributed by atoms with E-state index in [1.54, 1.807) is 0 Å². The van der Waals surface area contributed by atoms with Crippen LogP contribution in [0.25, 0.3) is 5.57 Å². The summed E-state index contributed by atoms with van der Waals surface area (Å²) in [7, 11) is 0. The summed E-state index contributed by atoms with van der Waals surface area (Å²) in [4.78, 5) is 18.2. The van der Waals surface area contributed by atoms with E-state index in [0.29, 0.717) is 0 Å². The van der Waals surface area contributed by atoms with Crippen molar-refractivity contribution in [2.24, 2.45) is 0 Å². The second-order valence-corrected chi connectivity index (χ2v) is 7.23. The fourth-order valence-electron chi connectivity index (χ4n) is 3.26. The second kappa shape index (κ2) is 5.41. The normalized spacial score (nSPS) is 24.8. The molecule has 2 bridgehead atoms. The van der Waals surface area contributed by atoms with E-state index in [1.807, 2.05) is 39.0 Å². The molecule has 1 aromatic carbocycles. The minimum Gasteiger partial charge on any atom is -0.454 e. The minimum absolute atomic E-state index is 0.108. The number of benzene rings is 1. The number of hydroxylamine groups is 2. The Kier molecular flexibility index (Phi) is 3.46. The van der Waals surface area contributed by atoms with E-state index in [0.717, 1.165) is 35.5 Å². The summed E-state index contributed by atoms with van der Waals surface area (Å²) in [6.07, 6.45) is 3.29. The Morgan fingerprint density at radius 1 is 1.21 bits per heavy atom. The van der Waals surface area contributed by atoms with Crippen molar-refractivity contribution in [1.29, 1.82) is 0 Å². The van der Waals surface area contributed by atoms with E-state index < -0.39 is 11.7 Å². The van der Waals surface area contributed by atoms with Crippen LogP contribution in [0.5, 0.6) is 11.5 Å². The smallest absolute Gasteiger partial charge is 0.435 e. The van der Waals surface area contributed by atoms with Crippen molar-refractivity contribution in [3.8, 4) is 11.5 Å². The zero-order chi connectivity index (χ0) is 16.9. The number of fused-ring (bicyclic) bond motifs is 3. The molecule has 128 valence electrons. The topological polar surface area (TPSA) is 57.2 Å². The maximum absolute atomic E-state index is 12.5. The van der Waals surface area contributed by atoms with Gasteiger partial charge in [0.05, 0.1) is 6.04 Å². The van der Waals surface area contributed by atoms with Gasteiger partial charge in [0, 0.05) is 0 Å². The molecule has 24 heavy (non-hydrogen) atoms. The molecule has 1 saturated heterocycles. The van der Waals surface area contributed by atoms with Crippen molar-refractivity contribution < 1.29 is 23.8 Å². The van der Waals surface area contributed by atoms with Gasteiger partial charge in [-0.05, 0) is 63.0 Å². The molecule has 6 heteroatoms. The van der Waals surface area contributed by atoms with Gasteiger partial charge in [0.25, 0.3) is 0 Å². The van der Waals surface area contributed by atoms with Crippen molar-refractivity contribution in [3.05, 3.63) is 29.8 Å². The first-order valence-electron chi connectivity index (χ1n) is 8.21. The number of nitrogens with zero attached hydrogens (tertiary/aromatic N) is 1. The van der Waals surface area contributed by atoms with Gasteiger partial charge >= 0.3 is 6.09 Å². The zero-order valence-corrected chi connectivity index (χ0v) is 14.1. The Morgan fingerprint density at radius 3 is 2.75 bits per heavy atom. The quantitative estimate of drug-likeness (QED) is 0.788. The van der Waals surface area contributed by atoms with E-state index in [-0.39, 0.29) is 18.9 Å². The Hall–Kier alpha value is -2.21. The molecule has 0 spiro atoms. The molecule has 1 fully saturated rings. The third-order valence-electron chi connectivity index (χ3n) is 4.26. The molecule has 0 aromatic heterocycles. The molecular formula is C18H21NO5. The molecule has 0 radical (unpaired) electrons. The van der Waals surface area contributed by atoms with E-state index in [4.69, 9.17) is 19.0 Å². The number of hydrogen-bond donors (Lipinski definition) is 0. The fraction of sp³-hybridized carbons (Fsp3) is 0.500. The van der Waals surface area contributed by atoms with Crippen LogP contribution in [-0.2, 0) is 9.57 Å². The van der Waals surface area contributed by atoms with Crippen LogP contribution in [0.2, 0.25) is 0 Å². The minimum atomic E-state index is -0.556. The lowest BCUT2D eigenvalue weighted by Crippen LogP contribution is -2.51. The van der Waals surface area contributed by atoms with Gasteiger partial charge in [-0.25, -0.2) is 4.79 Å². The highest BCUT2D eigenvalue weighted by Gasteiger charge is 2.41. The van der Waals surface area contributed by atoms with Gasteiger partial charge in [-0.15, -0.1) is 0 Å². The number of amides is 1. The maximum Gasteiger partial charge on any atom is 0.435 e. The average Bonchev–Trinajstić information content (AvgIpc) is 3.01. The standard InChI is InChI=1S/C18H21NO5/c1-18(2,3)23-17(20)19-14-6-5-12(24-19)9-13(14)11-4-7-15-16(8-11)22-10-21-15/h4,7-9,12,14H,5-6,10H2,1-3H3/t12-,14+/m1/s1. The highest BCUT2D eigenvalue weighted by Crippen LogP contribution is 2.41. The lowest BCUT2D eigenvalue weighted by Gasteiger charge is -2.43. The fourth-order valence-corrected chi connectivity index (χ4v) is 3.26. The van der Waals surface area contributed by atoms with E-state index in [9.17, 15) is 4.79 Å². The molecule has 6 nitrogen and oxygen atoms in total. The summed E-state index contributed by atoms with van der Waals surface area (Å²) < 4.78 is 16.3. The Morgan fingerprint density at radius 2 is 2.00 bits per heavy atom. The molecule has 1 aromatic rings. The van der Waals surface area contributed by atoms with E-state index in [1.165, 1.54) is 5.06 Å². The van der Waals surface area contributed by atoms with Crippen LogP contribution in [0.3, 0.4) is 0 Å². The largest absolute Gasteiger partial charge is 0.454 e. The van der Waals surface area contributed by atoms with Gasteiger partial charge < -0.3 is 14.2 Å².